The van der Waals surface area contributed by atoms with Gasteiger partial charge in [-0.25, -0.2) is 4.98 Å². The minimum Gasteiger partial charge on any atom is -0.354 e. The van der Waals surface area contributed by atoms with Gasteiger partial charge in [-0.05, 0) is 88.1 Å². The number of fused-ring (bicyclic) bond motifs is 1. The Bertz CT molecular complexity index is 1610. The Kier molecular flexibility index (Phi) is 9.11. The second kappa shape index (κ2) is 13.3. The third-order valence-electron chi connectivity index (χ3n) is 8.33. The summed E-state index contributed by atoms with van der Waals surface area (Å²) in [6, 6.07) is 15.1. The van der Waals surface area contributed by atoms with Gasteiger partial charge in [-0.1, -0.05) is 47.6 Å². The highest BCUT2D eigenvalue weighted by molar-refractivity contribution is 7.99. The number of anilines is 2. The number of nitrogens with one attached hydrogen (secondary N) is 1. The largest absolute Gasteiger partial charge is 0.354 e. The van der Waals surface area contributed by atoms with Crippen molar-refractivity contribution in [1.82, 2.24) is 24.3 Å². The predicted octanol–water partition coefficient (Wildman–Crippen LogP) is 7.35. The molecule has 216 valence electrons. The van der Waals surface area contributed by atoms with Crippen molar-refractivity contribution >= 4 is 51.7 Å². The van der Waals surface area contributed by atoms with Crippen molar-refractivity contribution in [3.63, 3.8) is 0 Å². The molecule has 0 spiro atoms. The number of hydrogen-bond donors (Lipinski definition) is 1. The third kappa shape index (κ3) is 6.66. The summed E-state index contributed by atoms with van der Waals surface area (Å²) in [5.74, 6) is 0. The number of hydrogen-bond acceptors (Lipinski definition) is 7. The van der Waals surface area contributed by atoms with E-state index in [9.17, 15) is 5.26 Å². The van der Waals surface area contributed by atoms with Crippen LogP contribution < -0.4 is 5.32 Å². The zero-order chi connectivity index (χ0) is 28.9. The van der Waals surface area contributed by atoms with Crippen LogP contribution in [0.25, 0.3) is 17.0 Å². The first kappa shape index (κ1) is 28.8. The van der Waals surface area contributed by atoms with Gasteiger partial charge in [-0.3, -0.25) is 4.98 Å². The number of rotatable bonds is 9. The maximum atomic E-state index is 9.81. The molecule has 0 unspecified atom stereocenters. The highest BCUT2D eigenvalue weighted by Gasteiger charge is 2.25. The molecule has 42 heavy (non-hydrogen) atoms. The Balaban J connectivity index is 1.09. The molecule has 2 aromatic carbocycles. The summed E-state index contributed by atoms with van der Waals surface area (Å²) < 4.78 is 1.96. The number of imidazole rings is 1. The lowest BCUT2D eigenvalue weighted by Gasteiger charge is -2.36. The van der Waals surface area contributed by atoms with Crippen molar-refractivity contribution in [3.05, 3.63) is 77.2 Å². The number of aryl methyl sites for hydroxylation is 1. The summed E-state index contributed by atoms with van der Waals surface area (Å²) in [4.78, 5) is 15.2. The van der Waals surface area contributed by atoms with E-state index in [1.54, 1.807) is 12.4 Å². The number of nitriles is 1. The lowest BCUT2D eigenvalue weighted by atomic mass is 10.0. The standard InChI is InChI=1S/C33H36ClN7S/c1-39-19-13-36-33(39)42-31-10-8-26(21-29(31)34)38-32-25(22-35)23-37-30-20-24(7-9-28(30)32)6-2-3-14-40-17-11-27(12-18-40)41-15-4-5-16-41/h2,6-10,13,19-21,23,27H,3-5,11-12,14-18H2,1H3,(H,37,38). The first-order chi connectivity index (χ1) is 20.6. The van der Waals surface area contributed by atoms with Gasteiger partial charge in [0.1, 0.15) is 6.07 Å². The molecule has 2 saturated heterocycles. The summed E-state index contributed by atoms with van der Waals surface area (Å²) in [5.41, 5.74) is 3.98. The fourth-order valence-corrected chi connectivity index (χ4v) is 7.08. The smallest absolute Gasteiger partial charge is 0.172 e. The lowest BCUT2D eigenvalue weighted by Crippen LogP contribution is -2.43. The molecule has 2 aromatic heterocycles. The minimum absolute atomic E-state index is 0.488. The van der Waals surface area contributed by atoms with Crippen molar-refractivity contribution in [3.8, 4) is 6.07 Å². The lowest BCUT2D eigenvalue weighted by molar-refractivity contribution is 0.128. The van der Waals surface area contributed by atoms with Crippen molar-refractivity contribution in [2.75, 3.05) is 38.0 Å². The molecule has 7 nitrogen and oxygen atoms in total. The van der Waals surface area contributed by atoms with Gasteiger partial charge in [0.25, 0.3) is 0 Å². The number of halogens is 1. The number of benzene rings is 2. The average molecular weight is 598 g/mol. The van der Waals surface area contributed by atoms with Crippen LogP contribution in [0.4, 0.5) is 11.4 Å². The molecule has 0 bridgehead atoms. The van der Waals surface area contributed by atoms with Crippen LogP contribution in [-0.4, -0.2) is 63.1 Å². The summed E-state index contributed by atoms with van der Waals surface area (Å²) in [7, 11) is 1.96. The van der Waals surface area contributed by atoms with Gasteiger partial charge in [0.15, 0.2) is 5.16 Å². The summed E-state index contributed by atoms with van der Waals surface area (Å²) in [6.45, 7) is 6.14. The van der Waals surface area contributed by atoms with Gasteiger partial charge < -0.3 is 19.7 Å². The van der Waals surface area contributed by atoms with Gasteiger partial charge in [0, 0.05) is 54.2 Å². The Morgan fingerprint density at radius 3 is 2.67 bits per heavy atom. The molecule has 0 aliphatic carbocycles. The normalized spacial score (nSPS) is 16.9. The van der Waals surface area contributed by atoms with Crippen LogP contribution >= 0.6 is 23.4 Å². The number of aromatic nitrogens is 3. The maximum Gasteiger partial charge on any atom is 0.172 e. The second-order valence-electron chi connectivity index (χ2n) is 11.1. The highest BCUT2D eigenvalue weighted by atomic mass is 35.5. The van der Waals surface area contributed by atoms with Gasteiger partial charge in [-0.15, -0.1) is 0 Å². The molecule has 2 fully saturated rings. The van der Waals surface area contributed by atoms with Crippen LogP contribution in [0.2, 0.25) is 5.02 Å². The monoisotopic (exact) mass is 597 g/mol. The molecular formula is C33H36ClN7S. The van der Waals surface area contributed by atoms with E-state index in [1.165, 1.54) is 63.6 Å². The molecule has 0 saturated carbocycles. The van der Waals surface area contributed by atoms with Gasteiger partial charge >= 0.3 is 0 Å². The van der Waals surface area contributed by atoms with Gasteiger partial charge in [-0.2, -0.15) is 5.26 Å². The van der Waals surface area contributed by atoms with E-state index < -0.39 is 0 Å². The van der Waals surface area contributed by atoms with Crippen LogP contribution in [0.5, 0.6) is 0 Å². The first-order valence-corrected chi connectivity index (χ1v) is 15.9. The second-order valence-corrected chi connectivity index (χ2v) is 12.6. The quantitative estimate of drug-likeness (QED) is 0.216. The van der Waals surface area contributed by atoms with Gasteiger partial charge in [0.05, 0.1) is 21.8 Å². The van der Waals surface area contributed by atoms with E-state index in [4.69, 9.17) is 11.6 Å². The van der Waals surface area contributed by atoms with Crippen molar-refractivity contribution in [2.45, 2.75) is 48.2 Å². The maximum absolute atomic E-state index is 9.81. The number of piperidine rings is 1. The SMILES string of the molecule is Cn1ccnc1Sc1ccc(Nc2c(C#N)cnc3cc(C=CCCN4CCC(N5CCCC5)CC4)ccc23)cc1Cl. The Morgan fingerprint density at radius 2 is 1.93 bits per heavy atom. The molecule has 0 atom stereocenters. The van der Waals surface area contributed by atoms with Crippen molar-refractivity contribution in [1.29, 1.82) is 5.26 Å². The molecule has 1 N–H and O–H groups in total. The Labute approximate surface area is 257 Å². The van der Waals surface area contributed by atoms with Crippen LogP contribution in [0.1, 0.15) is 43.2 Å². The Hall–Kier alpha value is -3.35. The number of pyridine rings is 1. The van der Waals surface area contributed by atoms with Crippen molar-refractivity contribution < 1.29 is 0 Å². The molecular weight excluding hydrogens is 562 g/mol. The average Bonchev–Trinajstić information content (AvgIpc) is 3.69. The minimum atomic E-state index is 0.488. The molecule has 9 heteroatoms. The molecule has 4 heterocycles. The van der Waals surface area contributed by atoms with E-state index in [1.807, 2.05) is 42.1 Å². The van der Waals surface area contributed by atoms with Gasteiger partial charge in [0.2, 0.25) is 0 Å². The molecule has 0 radical (unpaired) electrons. The zero-order valence-electron chi connectivity index (χ0n) is 24.0. The summed E-state index contributed by atoms with van der Waals surface area (Å²) >= 11 is 8.15. The zero-order valence-corrected chi connectivity index (χ0v) is 25.5. The summed E-state index contributed by atoms with van der Waals surface area (Å²) in [6.07, 6.45) is 16.2. The highest BCUT2D eigenvalue weighted by Crippen LogP contribution is 2.36. The molecule has 6 rings (SSSR count). The van der Waals surface area contributed by atoms with E-state index in [0.717, 1.165) is 56.9 Å². The number of likely N-dealkylation sites (tertiary alicyclic amines) is 2. The predicted molar refractivity (Wildman–Crippen MR) is 172 cm³/mol. The Morgan fingerprint density at radius 1 is 1.10 bits per heavy atom. The van der Waals surface area contributed by atoms with Crippen LogP contribution in [0.3, 0.4) is 0 Å². The third-order valence-corrected chi connectivity index (χ3v) is 9.91. The molecule has 0 amide bonds. The topological polar surface area (TPSA) is 73.0 Å². The van der Waals surface area contributed by atoms with E-state index in [2.05, 4.69) is 55.4 Å². The first-order valence-electron chi connectivity index (χ1n) is 14.7. The molecule has 2 aliphatic heterocycles. The van der Waals surface area contributed by atoms with E-state index >= 15 is 0 Å². The number of nitrogens with zero attached hydrogens (tertiary/aromatic N) is 6. The van der Waals surface area contributed by atoms with Crippen LogP contribution in [0, 0.1) is 11.3 Å². The van der Waals surface area contributed by atoms with E-state index in [0.29, 0.717) is 10.6 Å². The van der Waals surface area contributed by atoms with E-state index in [-0.39, 0.29) is 0 Å². The van der Waals surface area contributed by atoms with Crippen molar-refractivity contribution in [2.24, 2.45) is 7.05 Å². The molecule has 4 aromatic rings. The fourth-order valence-electron chi connectivity index (χ4n) is 5.98. The molecule has 2 aliphatic rings. The summed E-state index contributed by atoms with van der Waals surface area (Å²) in [5, 5.41) is 15.6. The fraction of sp³-hybridized carbons (Fsp3) is 0.364. The van der Waals surface area contributed by atoms with Crippen LogP contribution in [0.15, 0.2) is 71.1 Å². The van der Waals surface area contributed by atoms with Crippen LogP contribution in [-0.2, 0) is 7.05 Å².